The first-order valence-electron chi connectivity index (χ1n) is 10.8. The van der Waals surface area contributed by atoms with Crippen molar-refractivity contribution in [3.8, 4) is 16.9 Å². The molecule has 0 fully saturated rings. The van der Waals surface area contributed by atoms with Crippen molar-refractivity contribution >= 4 is 40.7 Å². The molecule has 5 rings (SSSR count). The van der Waals surface area contributed by atoms with Crippen LogP contribution >= 0.6 is 0 Å². The van der Waals surface area contributed by atoms with Crippen LogP contribution in [0.5, 0.6) is 5.75 Å². The van der Waals surface area contributed by atoms with Gasteiger partial charge in [0.1, 0.15) is 17.1 Å². The predicted molar refractivity (Wildman–Crippen MR) is 133 cm³/mol. The van der Waals surface area contributed by atoms with E-state index in [2.05, 4.69) is 25.6 Å². The standard InChI is InChI=1S/C25H20N6O5/c1-15-13-27-24(29-17-3-5-21(34-2)19(11-17)16-7-9-26-10-8-16)30-23(15)28-18-4-6-22-20(12-18)31(35-14-32)25(33)36-22/h3-14H,1-2H3,(H2,27,28,29,30). The van der Waals surface area contributed by atoms with E-state index >= 15 is 0 Å². The van der Waals surface area contributed by atoms with E-state index in [-0.39, 0.29) is 12.1 Å². The summed E-state index contributed by atoms with van der Waals surface area (Å²) in [7, 11) is 1.62. The Labute approximate surface area is 204 Å². The van der Waals surface area contributed by atoms with E-state index in [0.717, 1.165) is 32.9 Å². The number of ether oxygens (including phenoxy) is 1. The number of pyridine rings is 1. The van der Waals surface area contributed by atoms with E-state index in [0.29, 0.717) is 23.0 Å². The van der Waals surface area contributed by atoms with Gasteiger partial charge in [0.15, 0.2) is 5.58 Å². The average Bonchev–Trinajstić information content (AvgIpc) is 3.21. The van der Waals surface area contributed by atoms with Gasteiger partial charge in [-0.3, -0.25) is 9.78 Å². The number of nitrogens with one attached hydrogen (secondary N) is 2. The van der Waals surface area contributed by atoms with E-state index < -0.39 is 5.76 Å². The molecular weight excluding hydrogens is 464 g/mol. The molecule has 11 nitrogen and oxygen atoms in total. The SMILES string of the molecule is COc1ccc(Nc2ncc(C)c(Nc3ccc4oc(=O)n(OC=O)c4c3)n2)cc1-c1ccncc1. The van der Waals surface area contributed by atoms with Crippen molar-refractivity contribution in [3.05, 3.63) is 83.2 Å². The molecular formula is C25H20N6O5. The largest absolute Gasteiger partial charge is 0.496 e. The second-order valence-electron chi connectivity index (χ2n) is 7.67. The second kappa shape index (κ2) is 9.58. The summed E-state index contributed by atoms with van der Waals surface area (Å²) >= 11 is 0. The third-order valence-electron chi connectivity index (χ3n) is 5.37. The number of aryl methyl sites for hydroxylation is 1. The van der Waals surface area contributed by atoms with Crippen LogP contribution < -0.4 is 26.0 Å². The van der Waals surface area contributed by atoms with Crippen LogP contribution in [0.1, 0.15) is 5.56 Å². The monoisotopic (exact) mass is 484 g/mol. The number of hydrogen-bond acceptors (Lipinski definition) is 10. The number of carbonyl (C=O) groups is 1. The predicted octanol–water partition coefficient (Wildman–Crippen LogP) is 3.84. The van der Waals surface area contributed by atoms with Crippen LogP contribution in [0.2, 0.25) is 0 Å². The molecule has 0 atom stereocenters. The van der Waals surface area contributed by atoms with Crippen LogP contribution in [-0.4, -0.2) is 33.3 Å². The molecule has 0 saturated heterocycles. The fraction of sp³-hybridized carbons (Fsp3) is 0.0800. The second-order valence-corrected chi connectivity index (χ2v) is 7.67. The van der Waals surface area contributed by atoms with Gasteiger partial charge < -0.3 is 24.6 Å². The van der Waals surface area contributed by atoms with E-state index in [4.69, 9.17) is 14.0 Å². The summed E-state index contributed by atoms with van der Waals surface area (Å²) in [5.74, 6) is 0.845. The molecule has 2 N–H and O–H groups in total. The van der Waals surface area contributed by atoms with Gasteiger partial charge in [-0.25, -0.2) is 9.78 Å². The summed E-state index contributed by atoms with van der Waals surface area (Å²) in [6.07, 6.45) is 5.13. The summed E-state index contributed by atoms with van der Waals surface area (Å²) in [6, 6.07) is 14.4. The molecule has 3 aromatic heterocycles. The number of methoxy groups -OCH3 is 1. The Morgan fingerprint density at radius 1 is 1.03 bits per heavy atom. The van der Waals surface area contributed by atoms with Crippen LogP contribution in [0.3, 0.4) is 0 Å². The van der Waals surface area contributed by atoms with Gasteiger partial charge in [-0.15, -0.1) is 0 Å². The van der Waals surface area contributed by atoms with Gasteiger partial charge in [-0.2, -0.15) is 4.98 Å². The average molecular weight is 484 g/mol. The fourth-order valence-electron chi connectivity index (χ4n) is 3.65. The van der Waals surface area contributed by atoms with Crippen molar-refractivity contribution in [3.63, 3.8) is 0 Å². The maximum Gasteiger partial charge on any atom is 0.453 e. The molecule has 0 unspecified atom stereocenters. The number of fused-ring (bicyclic) bond motifs is 1. The topological polar surface area (TPSA) is 133 Å². The van der Waals surface area contributed by atoms with E-state index in [9.17, 15) is 9.59 Å². The lowest BCUT2D eigenvalue weighted by atomic mass is 10.1. The summed E-state index contributed by atoms with van der Waals surface area (Å²) in [6.45, 7) is 2.02. The number of benzene rings is 2. The van der Waals surface area contributed by atoms with E-state index in [1.807, 2.05) is 37.3 Å². The molecule has 180 valence electrons. The van der Waals surface area contributed by atoms with Crippen molar-refractivity contribution in [1.82, 2.24) is 19.7 Å². The first-order chi connectivity index (χ1) is 17.6. The molecule has 0 radical (unpaired) electrons. The van der Waals surface area contributed by atoms with Gasteiger partial charge in [0.2, 0.25) is 5.95 Å². The highest BCUT2D eigenvalue weighted by Crippen LogP contribution is 2.33. The normalized spacial score (nSPS) is 10.7. The molecule has 0 aliphatic rings. The van der Waals surface area contributed by atoms with Gasteiger partial charge in [0.25, 0.3) is 0 Å². The first kappa shape index (κ1) is 22.6. The number of anilines is 4. The van der Waals surface area contributed by atoms with Gasteiger partial charge in [0.05, 0.1) is 7.11 Å². The molecule has 3 heterocycles. The Hall–Kier alpha value is -5.19. The van der Waals surface area contributed by atoms with Crippen molar-refractivity contribution in [2.45, 2.75) is 6.92 Å². The zero-order valence-corrected chi connectivity index (χ0v) is 19.3. The molecule has 0 spiro atoms. The zero-order valence-electron chi connectivity index (χ0n) is 19.3. The van der Waals surface area contributed by atoms with Gasteiger partial charge in [0, 0.05) is 41.1 Å². The molecule has 0 aliphatic carbocycles. The van der Waals surface area contributed by atoms with E-state index in [1.54, 1.807) is 43.9 Å². The molecule has 0 aliphatic heterocycles. The highest BCUT2D eigenvalue weighted by molar-refractivity contribution is 5.79. The molecule has 2 aromatic carbocycles. The minimum absolute atomic E-state index is 0.155. The third kappa shape index (κ3) is 4.44. The zero-order chi connectivity index (χ0) is 25.1. The van der Waals surface area contributed by atoms with Crippen molar-refractivity contribution in [2.24, 2.45) is 0 Å². The third-order valence-corrected chi connectivity index (χ3v) is 5.37. The summed E-state index contributed by atoms with van der Waals surface area (Å²) in [5.41, 5.74) is 4.59. The van der Waals surface area contributed by atoms with Crippen molar-refractivity contribution in [2.75, 3.05) is 17.7 Å². The van der Waals surface area contributed by atoms with Crippen LogP contribution in [0.15, 0.2) is 76.3 Å². The Kier molecular flexibility index (Phi) is 6.02. The maximum atomic E-state index is 11.9. The molecule has 36 heavy (non-hydrogen) atoms. The molecule has 0 saturated carbocycles. The Morgan fingerprint density at radius 2 is 1.81 bits per heavy atom. The molecule has 0 bridgehead atoms. The lowest BCUT2D eigenvalue weighted by Gasteiger charge is -2.13. The highest BCUT2D eigenvalue weighted by atomic mass is 16.7. The summed E-state index contributed by atoms with van der Waals surface area (Å²) in [4.78, 5) is 40.4. The Balaban J connectivity index is 1.43. The molecule has 0 amide bonds. The maximum absolute atomic E-state index is 11.9. The van der Waals surface area contributed by atoms with Crippen LogP contribution in [0.25, 0.3) is 22.2 Å². The smallest absolute Gasteiger partial charge is 0.453 e. The quantitative estimate of drug-likeness (QED) is 0.313. The Bertz CT molecular complexity index is 1610. The van der Waals surface area contributed by atoms with Crippen molar-refractivity contribution in [1.29, 1.82) is 0 Å². The lowest BCUT2D eigenvalue weighted by molar-refractivity contribution is -0.129. The van der Waals surface area contributed by atoms with Gasteiger partial charge >= 0.3 is 12.2 Å². The first-order valence-corrected chi connectivity index (χ1v) is 10.8. The number of rotatable bonds is 8. The minimum atomic E-state index is -0.801. The Morgan fingerprint density at radius 3 is 2.58 bits per heavy atom. The van der Waals surface area contributed by atoms with Crippen LogP contribution in [-0.2, 0) is 4.79 Å². The van der Waals surface area contributed by atoms with Crippen LogP contribution in [0, 0.1) is 6.92 Å². The number of nitrogens with zero attached hydrogens (tertiary/aromatic N) is 4. The number of oxazole rings is 1. The van der Waals surface area contributed by atoms with E-state index in [1.165, 1.54) is 0 Å². The molecule has 5 aromatic rings. The van der Waals surface area contributed by atoms with Crippen LogP contribution in [0.4, 0.5) is 23.1 Å². The minimum Gasteiger partial charge on any atom is -0.496 e. The fourth-order valence-corrected chi connectivity index (χ4v) is 3.65. The van der Waals surface area contributed by atoms with Crippen molar-refractivity contribution < 1.29 is 18.8 Å². The number of hydrogen-bond donors (Lipinski definition) is 2. The number of aromatic nitrogens is 4. The summed E-state index contributed by atoms with van der Waals surface area (Å²) in [5, 5.41) is 6.43. The number of carbonyl (C=O) groups excluding carboxylic acids is 1. The highest BCUT2D eigenvalue weighted by Gasteiger charge is 2.13. The summed E-state index contributed by atoms with van der Waals surface area (Å²) < 4.78 is 11.4. The molecule has 11 heteroatoms. The lowest BCUT2D eigenvalue weighted by Crippen LogP contribution is -2.21. The van der Waals surface area contributed by atoms with Gasteiger partial charge in [-0.05, 0) is 61.0 Å². The van der Waals surface area contributed by atoms with Gasteiger partial charge in [-0.1, -0.05) is 4.73 Å².